The predicted octanol–water partition coefficient (Wildman–Crippen LogP) is 6.06. The molecule has 0 aromatic heterocycles. The molecule has 30 heavy (non-hydrogen) atoms. The quantitative estimate of drug-likeness (QED) is 0.0618. The number of hydrogen-bond acceptors (Lipinski definition) is 6. The molecule has 0 aromatic carbocycles. The van der Waals surface area contributed by atoms with Gasteiger partial charge in [0.2, 0.25) is 0 Å². The van der Waals surface area contributed by atoms with Gasteiger partial charge in [-0.05, 0) is 17.4 Å². The van der Waals surface area contributed by atoms with Crippen LogP contribution in [-0.4, -0.2) is 21.3 Å². The van der Waals surface area contributed by atoms with E-state index in [1.165, 1.54) is 77.0 Å². The van der Waals surface area contributed by atoms with Gasteiger partial charge >= 0.3 is 7.82 Å². The Morgan fingerprint density at radius 1 is 0.733 bits per heavy atom. The van der Waals surface area contributed by atoms with Crippen LogP contribution in [0, 0.1) is 5.92 Å². The molecule has 0 saturated carbocycles. The second-order valence-corrected chi connectivity index (χ2v) is 8.61. The highest BCUT2D eigenvalue weighted by molar-refractivity contribution is 7.45. The van der Waals surface area contributed by atoms with E-state index in [2.05, 4.69) is 40.4 Å². The van der Waals surface area contributed by atoms with Gasteiger partial charge in [0.25, 0.3) is 0 Å². The SMILES string of the molecule is C=COOOOOCCCCCCCCCCCCCCCC(C)C.O=P(O)(O)O. The van der Waals surface area contributed by atoms with Crippen molar-refractivity contribution in [3.63, 3.8) is 0 Å². The zero-order valence-corrected chi connectivity index (χ0v) is 19.6. The van der Waals surface area contributed by atoms with Crippen molar-refractivity contribution in [3.8, 4) is 0 Å². The van der Waals surface area contributed by atoms with Crippen LogP contribution in [0.2, 0.25) is 0 Å². The molecule has 3 N–H and O–H groups in total. The second-order valence-electron chi connectivity index (χ2n) is 7.58. The molecular formula is C20H43O9P. The molecule has 0 atom stereocenters. The van der Waals surface area contributed by atoms with Crippen molar-refractivity contribution in [2.45, 2.75) is 104 Å². The first kappa shape index (κ1) is 31.7. The first-order valence-electron chi connectivity index (χ1n) is 10.9. The van der Waals surface area contributed by atoms with Crippen molar-refractivity contribution in [2.24, 2.45) is 5.92 Å². The molecule has 0 rings (SSSR count). The maximum absolute atomic E-state index is 8.88. The summed E-state index contributed by atoms with van der Waals surface area (Å²) in [6, 6.07) is 0. The van der Waals surface area contributed by atoms with Crippen LogP contribution in [0.1, 0.15) is 104 Å². The summed E-state index contributed by atoms with van der Waals surface area (Å²) < 4.78 is 8.88. The Bertz CT molecular complexity index is 380. The van der Waals surface area contributed by atoms with Gasteiger partial charge in [0.05, 0.1) is 6.61 Å². The largest absolute Gasteiger partial charge is 0.466 e. The van der Waals surface area contributed by atoms with Crippen LogP contribution in [0.4, 0.5) is 0 Å². The number of unbranched alkanes of at least 4 members (excludes halogenated alkanes) is 12. The maximum atomic E-state index is 8.88. The molecule has 0 amide bonds. The minimum atomic E-state index is -4.64. The summed E-state index contributed by atoms with van der Waals surface area (Å²) in [5.41, 5.74) is 0. The number of rotatable bonds is 21. The fourth-order valence-corrected chi connectivity index (χ4v) is 2.77. The number of phosphoric acid groups is 1. The average Bonchev–Trinajstić information content (AvgIpc) is 2.65. The third-order valence-electron chi connectivity index (χ3n) is 4.22. The molecule has 182 valence electrons. The van der Waals surface area contributed by atoms with Crippen LogP contribution in [0.25, 0.3) is 0 Å². The van der Waals surface area contributed by atoms with Crippen molar-refractivity contribution in [1.29, 1.82) is 0 Å². The summed E-state index contributed by atoms with van der Waals surface area (Å²) in [4.78, 5) is 30.5. The molecule has 0 spiro atoms. The summed E-state index contributed by atoms with van der Waals surface area (Å²) in [6.45, 7) is 8.37. The summed E-state index contributed by atoms with van der Waals surface area (Å²) in [5.74, 6) is 0.868. The summed E-state index contributed by atoms with van der Waals surface area (Å²) in [6.07, 6.45) is 19.8. The topological polar surface area (TPSA) is 124 Å². The molecule has 0 aliphatic carbocycles. The average molecular weight is 459 g/mol. The van der Waals surface area contributed by atoms with Crippen LogP contribution in [0.3, 0.4) is 0 Å². The Hall–Kier alpha value is -0.510. The Morgan fingerprint density at radius 3 is 1.53 bits per heavy atom. The van der Waals surface area contributed by atoms with Gasteiger partial charge in [-0.3, -0.25) is 0 Å². The van der Waals surface area contributed by atoms with E-state index < -0.39 is 7.82 Å². The van der Waals surface area contributed by atoms with Crippen molar-refractivity contribution >= 4 is 7.82 Å². The molecule has 0 saturated heterocycles. The van der Waals surface area contributed by atoms with Crippen molar-refractivity contribution < 1.29 is 44.1 Å². The Balaban J connectivity index is 0. The molecule has 9 nitrogen and oxygen atoms in total. The third-order valence-corrected chi connectivity index (χ3v) is 4.22. The van der Waals surface area contributed by atoms with Gasteiger partial charge in [-0.2, -0.15) is 0 Å². The van der Waals surface area contributed by atoms with E-state index in [1.807, 2.05) is 0 Å². The smallest absolute Gasteiger partial charge is 0.315 e. The number of hydrogen-bond donors (Lipinski definition) is 3. The van der Waals surface area contributed by atoms with Gasteiger partial charge in [0.1, 0.15) is 6.26 Å². The summed E-state index contributed by atoms with van der Waals surface area (Å²) >= 11 is 0. The predicted molar refractivity (Wildman–Crippen MR) is 114 cm³/mol. The Labute approximate surface area is 181 Å². The first-order valence-corrected chi connectivity index (χ1v) is 12.5. The van der Waals surface area contributed by atoms with Gasteiger partial charge < -0.3 is 19.6 Å². The normalized spacial score (nSPS) is 11.3. The molecule has 0 aliphatic rings. The minimum Gasteiger partial charge on any atom is -0.315 e. The highest BCUT2D eigenvalue weighted by atomic mass is 31.2. The highest BCUT2D eigenvalue weighted by Crippen LogP contribution is 2.25. The lowest BCUT2D eigenvalue weighted by Crippen LogP contribution is -1.99. The molecule has 0 aromatic rings. The van der Waals surface area contributed by atoms with E-state index in [1.54, 1.807) is 0 Å². The lowest BCUT2D eigenvalue weighted by atomic mass is 10.0. The fraction of sp³-hybridized carbons (Fsp3) is 0.900. The van der Waals surface area contributed by atoms with E-state index in [0.29, 0.717) is 6.61 Å². The van der Waals surface area contributed by atoms with Crippen LogP contribution >= 0.6 is 7.82 Å². The van der Waals surface area contributed by atoms with E-state index in [0.717, 1.165) is 25.0 Å². The Morgan fingerprint density at radius 2 is 1.13 bits per heavy atom. The first-order chi connectivity index (χ1) is 14.3. The van der Waals surface area contributed by atoms with Gasteiger partial charge in [-0.25, -0.2) is 9.45 Å². The fourth-order valence-electron chi connectivity index (χ4n) is 2.77. The second kappa shape index (κ2) is 24.8. The van der Waals surface area contributed by atoms with E-state index in [-0.39, 0.29) is 0 Å². The van der Waals surface area contributed by atoms with Crippen LogP contribution < -0.4 is 0 Å². The summed E-state index contributed by atoms with van der Waals surface area (Å²) in [7, 11) is -4.64. The van der Waals surface area contributed by atoms with Crippen molar-refractivity contribution in [3.05, 3.63) is 12.8 Å². The van der Waals surface area contributed by atoms with Crippen LogP contribution in [-0.2, 0) is 29.5 Å². The molecule has 10 heteroatoms. The third kappa shape index (κ3) is 41.8. The zero-order valence-electron chi connectivity index (χ0n) is 18.7. The standard InChI is InChI=1S/C20H40O5.H3O4P/c1-4-21-23-25-24-22-19-17-15-13-11-9-7-5-6-8-10-12-14-16-18-20(2)3;1-5(2,3)4/h4,20H,1,5-19H2,2-3H3;(H3,1,2,3,4). The molecule has 0 radical (unpaired) electrons. The van der Waals surface area contributed by atoms with Gasteiger partial charge in [0, 0.05) is 10.1 Å². The molecule has 0 fully saturated rings. The van der Waals surface area contributed by atoms with Gasteiger partial charge in [-0.15, -0.1) is 0 Å². The lowest BCUT2D eigenvalue weighted by Gasteiger charge is -2.05. The summed E-state index contributed by atoms with van der Waals surface area (Å²) in [5, 5.41) is 12.4. The molecule has 0 heterocycles. The van der Waals surface area contributed by atoms with Crippen molar-refractivity contribution in [2.75, 3.05) is 6.61 Å². The van der Waals surface area contributed by atoms with Gasteiger partial charge in [-0.1, -0.05) is 104 Å². The van der Waals surface area contributed by atoms with Crippen molar-refractivity contribution in [1.82, 2.24) is 0 Å². The van der Waals surface area contributed by atoms with E-state index >= 15 is 0 Å². The lowest BCUT2D eigenvalue weighted by molar-refractivity contribution is -0.700. The Kier molecular flexibility index (Phi) is 26.1. The highest BCUT2D eigenvalue weighted by Gasteiger charge is 2.00. The molecule has 0 aliphatic heterocycles. The van der Waals surface area contributed by atoms with Gasteiger partial charge in [0.15, 0.2) is 0 Å². The molecular weight excluding hydrogens is 415 g/mol. The van der Waals surface area contributed by atoms with Crippen LogP contribution in [0.5, 0.6) is 0 Å². The van der Waals surface area contributed by atoms with E-state index in [9.17, 15) is 0 Å². The monoisotopic (exact) mass is 458 g/mol. The maximum Gasteiger partial charge on any atom is 0.466 e. The van der Waals surface area contributed by atoms with E-state index in [4.69, 9.17) is 24.1 Å². The minimum absolute atomic E-state index is 0.481. The zero-order chi connectivity index (χ0) is 22.9. The van der Waals surface area contributed by atoms with Crippen LogP contribution in [0.15, 0.2) is 12.8 Å². The molecule has 0 bridgehead atoms. The molecule has 0 unspecified atom stereocenters.